The molecule has 0 atom stereocenters. The summed E-state index contributed by atoms with van der Waals surface area (Å²) < 4.78 is 5.72. The van der Waals surface area contributed by atoms with E-state index in [-0.39, 0.29) is 19.1 Å². The molecule has 1 aromatic carbocycles. The number of carbonyl (C=O) groups is 1. The maximum Gasteiger partial charge on any atom is 0.266 e. The molecule has 1 aromatic rings. The van der Waals surface area contributed by atoms with E-state index in [9.17, 15) is 4.79 Å². The minimum absolute atomic E-state index is 0.119. The van der Waals surface area contributed by atoms with Gasteiger partial charge in [0, 0.05) is 13.1 Å². The number of amides is 1. The third-order valence-corrected chi connectivity index (χ3v) is 2.88. The molecule has 0 aliphatic carbocycles. The van der Waals surface area contributed by atoms with E-state index < -0.39 is 5.60 Å². The van der Waals surface area contributed by atoms with Crippen LogP contribution in [0.25, 0.3) is 0 Å². The van der Waals surface area contributed by atoms with Crippen molar-refractivity contribution in [3.8, 4) is 11.8 Å². The van der Waals surface area contributed by atoms with Crippen LogP contribution in [0.5, 0.6) is 5.75 Å². The van der Waals surface area contributed by atoms with E-state index >= 15 is 0 Å². The molecule has 1 rings (SSSR count). The van der Waals surface area contributed by atoms with Crippen molar-refractivity contribution in [3.05, 3.63) is 42.5 Å². The van der Waals surface area contributed by atoms with E-state index in [4.69, 9.17) is 15.1 Å². The van der Waals surface area contributed by atoms with Crippen molar-refractivity contribution in [2.75, 3.05) is 19.7 Å². The van der Waals surface area contributed by atoms with Crippen molar-refractivity contribution < 1.29 is 14.6 Å². The average Bonchev–Trinajstić information content (AvgIpc) is 2.46. The van der Waals surface area contributed by atoms with Gasteiger partial charge in [-0.3, -0.25) is 4.79 Å². The molecule has 1 amide bonds. The zero-order valence-electron chi connectivity index (χ0n) is 12.4. The largest absolute Gasteiger partial charge is 0.478 e. The molecular formula is C16H20N2O3. The van der Waals surface area contributed by atoms with Gasteiger partial charge >= 0.3 is 0 Å². The van der Waals surface area contributed by atoms with Crippen molar-refractivity contribution in [2.24, 2.45) is 0 Å². The van der Waals surface area contributed by atoms with Gasteiger partial charge in [-0.25, -0.2) is 0 Å². The first kappa shape index (κ1) is 16.7. The number of ether oxygens (including phenoxy) is 1. The molecule has 5 nitrogen and oxygen atoms in total. The lowest BCUT2D eigenvalue weighted by Crippen LogP contribution is -2.49. The topological polar surface area (TPSA) is 73.6 Å². The maximum atomic E-state index is 12.5. The Balaban J connectivity index is 2.84. The summed E-state index contributed by atoms with van der Waals surface area (Å²) >= 11 is 0. The van der Waals surface area contributed by atoms with E-state index in [0.717, 1.165) is 0 Å². The second-order valence-electron chi connectivity index (χ2n) is 5.01. The lowest BCUT2D eigenvalue weighted by atomic mass is 10.1. The lowest BCUT2D eigenvalue weighted by molar-refractivity contribution is -0.145. The molecule has 0 spiro atoms. The van der Waals surface area contributed by atoms with Crippen LogP contribution in [0.15, 0.2) is 36.9 Å². The van der Waals surface area contributed by atoms with Gasteiger partial charge in [0.25, 0.3) is 5.91 Å². The van der Waals surface area contributed by atoms with E-state index in [0.29, 0.717) is 17.9 Å². The highest BCUT2D eigenvalue weighted by Gasteiger charge is 2.33. The molecule has 0 aliphatic heterocycles. The number of carbonyl (C=O) groups excluding carboxylic acids is 1. The third-order valence-electron chi connectivity index (χ3n) is 2.88. The predicted molar refractivity (Wildman–Crippen MR) is 79.7 cm³/mol. The number of hydrogen-bond donors (Lipinski definition) is 1. The molecule has 0 radical (unpaired) electrons. The van der Waals surface area contributed by atoms with Gasteiger partial charge in [0.2, 0.25) is 0 Å². The number of nitriles is 1. The lowest BCUT2D eigenvalue weighted by Gasteiger charge is -2.31. The van der Waals surface area contributed by atoms with Crippen LogP contribution in [0.4, 0.5) is 0 Å². The van der Waals surface area contributed by atoms with Crippen molar-refractivity contribution in [2.45, 2.75) is 19.4 Å². The van der Waals surface area contributed by atoms with Crippen LogP contribution in [-0.2, 0) is 4.79 Å². The molecule has 21 heavy (non-hydrogen) atoms. The number of nitrogens with zero attached hydrogens (tertiary/aromatic N) is 2. The van der Waals surface area contributed by atoms with Gasteiger partial charge < -0.3 is 14.7 Å². The van der Waals surface area contributed by atoms with Gasteiger partial charge in [-0.05, 0) is 38.1 Å². The second kappa shape index (κ2) is 7.46. The zero-order chi connectivity index (χ0) is 15.9. The highest BCUT2D eigenvalue weighted by Crippen LogP contribution is 2.21. The van der Waals surface area contributed by atoms with Crippen molar-refractivity contribution in [1.29, 1.82) is 5.26 Å². The van der Waals surface area contributed by atoms with Gasteiger partial charge in [0.05, 0.1) is 18.2 Å². The molecule has 0 unspecified atom stereocenters. The van der Waals surface area contributed by atoms with E-state index in [2.05, 4.69) is 6.58 Å². The summed E-state index contributed by atoms with van der Waals surface area (Å²) in [5.41, 5.74) is -0.549. The second-order valence-corrected chi connectivity index (χ2v) is 5.01. The molecule has 1 N–H and O–H groups in total. The molecule has 0 bridgehead atoms. The fraction of sp³-hybridized carbons (Fsp3) is 0.375. The number of rotatable bonds is 7. The van der Waals surface area contributed by atoms with Crippen LogP contribution in [-0.4, -0.2) is 41.2 Å². The average molecular weight is 288 g/mol. The normalized spacial score (nSPS) is 10.6. The van der Waals surface area contributed by atoms with Gasteiger partial charge in [0.1, 0.15) is 5.75 Å². The Kier molecular flexibility index (Phi) is 5.94. The zero-order valence-corrected chi connectivity index (χ0v) is 12.4. The summed E-state index contributed by atoms with van der Waals surface area (Å²) in [7, 11) is 0. The molecule has 0 heterocycles. The molecule has 0 aromatic heterocycles. The Labute approximate surface area is 125 Å². The molecule has 0 saturated carbocycles. The number of aliphatic hydroxyl groups excluding tert-OH is 1. The monoisotopic (exact) mass is 288 g/mol. The van der Waals surface area contributed by atoms with Crippen LogP contribution in [0.1, 0.15) is 19.4 Å². The molecule has 0 saturated heterocycles. The Hall–Kier alpha value is -2.32. The predicted octanol–water partition coefficient (Wildman–Crippen LogP) is 1.72. The molecule has 5 heteroatoms. The first-order valence-electron chi connectivity index (χ1n) is 6.65. The van der Waals surface area contributed by atoms with Crippen molar-refractivity contribution >= 4 is 5.91 Å². The van der Waals surface area contributed by atoms with Crippen LogP contribution >= 0.6 is 0 Å². The molecule has 112 valence electrons. The van der Waals surface area contributed by atoms with Crippen molar-refractivity contribution in [3.63, 3.8) is 0 Å². The maximum absolute atomic E-state index is 12.5. The fourth-order valence-electron chi connectivity index (χ4n) is 1.87. The quantitative estimate of drug-likeness (QED) is 0.775. The van der Waals surface area contributed by atoms with Crippen LogP contribution in [0.2, 0.25) is 0 Å². The summed E-state index contributed by atoms with van der Waals surface area (Å²) in [4.78, 5) is 13.9. The summed E-state index contributed by atoms with van der Waals surface area (Å²) in [6.07, 6.45) is 1.60. The number of benzene rings is 1. The number of hydrogen-bond acceptors (Lipinski definition) is 4. The Bertz CT molecular complexity index is 529. The van der Waals surface area contributed by atoms with Crippen LogP contribution in [0.3, 0.4) is 0 Å². The number of aliphatic hydroxyl groups is 1. The van der Waals surface area contributed by atoms with Gasteiger partial charge in [0.15, 0.2) is 5.60 Å². The minimum atomic E-state index is -1.08. The highest BCUT2D eigenvalue weighted by molar-refractivity contribution is 5.85. The fourth-order valence-corrected chi connectivity index (χ4v) is 1.87. The van der Waals surface area contributed by atoms with Crippen LogP contribution in [0, 0.1) is 11.3 Å². The van der Waals surface area contributed by atoms with Gasteiger partial charge in [-0.2, -0.15) is 5.26 Å². The first-order chi connectivity index (χ1) is 9.94. The molecule has 0 aliphatic rings. The standard InChI is InChI=1S/C16H20N2O3/c1-4-9-18(10-11-19)15(20)16(2,3)21-14-7-5-13(12-17)6-8-14/h4-8,19H,1,9-11H2,2-3H3. The third kappa shape index (κ3) is 4.62. The summed E-state index contributed by atoms with van der Waals surface area (Å²) in [6, 6.07) is 8.58. The Morgan fingerprint density at radius 3 is 2.57 bits per heavy atom. The van der Waals surface area contributed by atoms with Gasteiger partial charge in [-0.1, -0.05) is 6.08 Å². The first-order valence-corrected chi connectivity index (χ1v) is 6.65. The Morgan fingerprint density at radius 2 is 2.10 bits per heavy atom. The molecule has 0 fully saturated rings. The van der Waals surface area contributed by atoms with Crippen molar-refractivity contribution in [1.82, 2.24) is 4.90 Å². The highest BCUT2D eigenvalue weighted by atomic mass is 16.5. The van der Waals surface area contributed by atoms with E-state index in [1.807, 2.05) is 6.07 Å². The minimum Gasteiger partial charge on any atom is -0.478 e. The summed E-state index contributed by atoms with van der Waals surface area (Å²) in [5.74, 6) is 0.274. The van der Waals surface area contributed by atoms with E-state index in [1.165, 1.54) is 4.90 Å². The Morgan fingerprint density at radius 1 is 1.48 bits per heavy atom. The van der Waals surface area contributed by atoms with Crippen LogP contribution < -0.4 is 4.74 Å². The van der Waals surface area contributed by atoms with E-state index in [1.54, 1.807) is 44.2 Å². The molecular weight excluding hydrogens is 268 g/mol. The SMILES string of the molecule is C=CCN(CCO)C(=O)C(C)(C)Oc1ccc(C#N)cc1. The summed E-state index contributed by atoms with van der Waals surface area (Å²) in [6.45, 7) is 7.39. The summed E-state index contributed by atoms with van der Waals surface area (Å²) in [5, 5.41) is 17.8. The van der Waals surface area contributed by atoms with Gasteiger partial charge in [-0.15, -0.1) is 6.58 Å². The smallest absolute Gasteiger partial charge is 0.266 e.